The normalized spacial score (nSPS) is 10.9. The molecule has 3 aromatic carbocycles. The zero-order chi connectivity index (χ0) is 31.2. The average molecular weight is 678 g/mol. The van der Waals surface area contributed by atoms with Crippen molar-refractivity contribution in [2.75, 3.05) is 7.11 Å². The summed E-state index contributed by atoms with van der Waals surface area (Å²) in [5.74, 6) is -0.388. The minimum absolute atomic E-state index is 0.388. The van der Waals surface area contributed by atoms with Crippen LogP contribution in [0.1, 0.15) is 32.6 Å². The van der Waals surface area contributed by atoms with E-state index in [1.165, 1.54) is 18.2 Å². The van der Waals surface area contributed by atoms with Crippen molar-refractivity contribution in [3.8, 4) is 0 Å². The summed E-state index contributed by atoms with van der Waals surface area (Å²) in [6.45, 7) is 1.64. The summed E-state index contributed by atoms with van der Waals surface area (Å²) in [7, 11) is 1.37. The molecule has 0 radical (unpaired) electrons. The number of rotatable bonds is 7. The van der Waals surface area contributed by atoms with Crippen molar-refractivity contribution >= 4 is 55.6 Å². The smallest absolute Gasteiger partial charge is 0.338 e. The Morgan fingerprint density at radius 2 is 1.31 bits per heavy atom. The second kappa shape index (κ2) is 13.9. The van der Waals surface area contributed by atoms with E-state index in [1.54, 1.807) is 12.1 Å². The molecule has 6 nitrogen and oxygen atoms in total. The Morgan fingerprint density at radius 3 is 1.91 bits per heavy atom. The molecule has 224 valence electrons. The van der Waals surface area contributed by atoms with Gasteiger partial charge in [0.05, 0.1) is 12.7 Å². The number of halogens is 2. The number of hydrogen-bond acceptors (Lipinski definition) is 4. The lowest BCUT2D eigenvalue weighted by Gasteiger charge is -2.09. The van der Waals surface area contributed by atoms with Gasteiger partial charge in [0, 0.05) is 58.1 Å². The summed E-state index contributed by atoms with van der Waals surface area (Å²) in [6.07, 6.45) is 8.41. The van der Waals surface area contributed by atoms with E-state index in [9.17, 15) is 4.79 Å². The number of aromatic nitrogens is 4. The molecule has 0 unspecified atom stereocenters. The molecule has 0 spiro atoms. The molecule has 0 saturated carbocycles. The van der Waals surface area contributed by atoms with E-state index in [0.29, 0.717) is 17.0 Å². The number of carbonyl (C=O) groups is 1. The molecule has 0 bridgehead atoms. The molecule has 0 N–H and O–H groups in total. The van der Waals surface area contributed by atoms with Gasteiger partial charge in [-0.15, -0.1) is 0 Å². The first-order chi connectivity index (χ1) is 22.0. The Morgan fingerprint density at radius 1 is 0.733 bits per heavy atom. The van der Waals surface area contributed by atoms with Gasteiger partial charge in [-0.25, -0.2) is 14.8 Å². The lowest BCUT2D eigenvalue weighted by atomic mass is 10.0. The zero-order valence-corrected chi connectivity index (χ0v) is 26.9. The van der Waals surface area contributed by atoms with Gasteiger partial charge in [-0.1, -0.05) is 78.3 Å². The number of hydrogen-bond donors (Lipinski definition) is 0. The lowest BCUT2D eigenvalue weighted by molar-refractivity contribution is 0.0599. The minimum atomic E-state index is -0.388. The van der Waals surface area contributed by atoms with Crippen molar-refractivity contribution < 1.29 is 9.53 Å². The van der Waals surface area contributed by atoms with E-state index in [4.69, 9.17) is 16.3 Å². The summed E-state index contributed by atoms with van der Waals surface area (Å²) in [5, 5.41) is 2.74. The fraction of sp³-hybridized carbons (Fsp3) is 0.108. The lowest BCUT2D eigenvalue weighted by Crippen LogP contribution is -2.06. The molecule has 7 rings (SSSR count). The second-order valence-electron chi connectivity index (χ2n) is 10.7. The number of esters is 1. The number of carbonyl (C=O) groups excluding carboxylic acids is 1. The van der Waals surface area contributed by atoms with E-state index in [2.05, 4.69) is 108 Å². The molecule has 0 aliphatic heterocycles. The van der Waals surface area contributed by atoms with Gasteiger partial charge in [0.25, 0.3) is 0 Å². The Labute approximate surface area is 275 Å². The van der Waals surface area contributed by atoms with Crippen molar-refractivity contribution in [1.29, 1.82) is 0 Å². The van der Waals surface area contributed by atoms with Gasteiger partial charge in [0.15, 0.2) is 0 Å². The molecule has 4 heterocycles. The Hall–Kier alpha value is -4.72. The van der Waals surface area contributed by atoms with Crippen LogP contribution in [0.3, 0.4) is 0 Å². The van der Waals surface area contributed by atoms with Crippen molar-refractivity contribution in [2.45, 2.75) is 19.5 Å². The maximum atomic E-state index is 12.1. The Bertz CT molecular complexity index is 2070. The molecule has 45 heavy (non-hydrogen) atoms. The Kier molecular flexibility index (Phi) is 9.38. The highest BCUT2D eigenvalue weighted by Crippen LogP contribution is 2.23. The van der Waals surface area contributed by atoms with Crippen LogP contribution in [0.5, 0.6) is 0 Å². The van der Waals surface area contributed by atoms with Crippen LogP contribution < -0.4 is 0 Å². The van der Waals surface area contributed by atoms with E-state index < -0.39 is 0 Å². The standard InChI is InChI=1S/C23H19ClN2O2.C14H11BrN2/c1-28-23(27)21-13-20(24)8-7-18(21)11-17-12-19-9-10-26(22(19)25-14-17)15-16-5-3-2-4-6-16;15-13-8-12-6-7-17(14(12)16-9-13)10-11-4-2-1-3-5-11/h2-10,12-14H,11,15H2,1H3;1-9H,10H2. The number of ether oxygens (including phenoxy) is 1. The van der Waals surface area contributed by atoms with Crippen LogP contribution in [0.25, 0.3) is 22.1 Å². The quantitative estimate of drug-likeness (QED) is 0.158. The molecular formula is C37H30BrClN4O2. The highest BCUT2D eigenvalue weighted by Gasteiger charge is 2.14. The first-order valence-electron chi connectivity index (χ1n) is 14.5. The third-order valence-corrected chi connectivity index (χ3v) is 8.16. The highest BCUT2D eigenvalue weighted by atomic mass is 79.9. The van der Waals surface area contributed by atoms with Gasteiger partial charge in [-0.2, -0.15) is 0 Å². The van der Waals surface area contributed by atoms with Gasteiger partial charge >= 0.3 is 5.97 Å². The van der Waals surface area contributed by atoms with E-state index >= 15 is 0 Å². The zero-order valence-electron chi connectivity index (χ0n) is 24.6. The SMILES string of the molecule is Brc1cnc2c(ccn2Cc2ccccc2)c1.COC(=O)c1cc(Cl)ccc1Cc1cnc2c(ccn2Cc2ccccc2)c1. The molecule has 4 aromatic heterocycles. The van der Waals surface area contributed by atoms with Crippen molar-refractivity contribution in [3.05, 3.63) is 165 Å². The van der Waals surface area contributed by atoms with Crippen LogP contribution in [0.15, 0.2) is 132 Å². The molecule has 0 aliphatic rings. The van der Waals surface area contributed by atoms with Crippen LogP contribution in [0, 0.1) is 0 Å². The fourth-order valence-electron chi connectivity index (χ4n) is 5.31. The number of nitrogens with zero attached hydrogens (tertiary/aromatic N) is 4. The van der Waals surface area contributed by atoms with Crippen molar-refractivity contribution in [2.24, 2.45) is 0 Å². The second-order valence-corrected chi connectivity index (χ2v) is 12.0. The van der Waals surface area contributed by atoms with Crippen molar-refractivity contribution in [1.82, 2.24) is 19.1 Å². The molecule has 0 atom stereocenters. The van der Waals surface area contributed by atoms with Crippen molar-refractivity contribution in [3.63, 3.8) is 0 Å². The summed E-state index contributed by atoms with van der Waals surface area (Å²) >= 11 is 9.48. The van der Waals surface area contributed by atoms with Crippen LogP contribution in [0.4, 0.5) is 0 Å². The number of benzene rings is 3. The largest absolute Gasteiger partial charge is 0.465 e. The van der Waals surface area contributed by atoms with E-state index in [-0.39, 0.29) is 5.97 Å². The van der Waals surface area contributed by atoms with E-state index in [0.717, 1.165) is 50.8 Å². The average Bonchev–Trinajstić information content (AvgIpc) is 3.65. The third-order valence-electron chi connectivity index (χ3n) is 7.49. The van der Waals surface area contributed by atoms with Gasteiger partial charge in [0.2, 0.25) is 0 Å². The van der Waals surface area contributed by atoms with Gasteiger partial charge < -0.3 is 13.9 Å². The predicted octanol–water partition coefficient (Wildman–Crippen LogP) is 8.96. The molecule has 0 amide bonds. The topological polar surface area (TPSA) is 61.9 Å². The van der Waals surface area contributed by atoms with Crippen LogP contribution in [-0.2, 0) is 24.2 Å². The fourth-order valence-corrected chi connectivity index (χ4v) is 5.83. The van der Waals surface area contributed by atoms with Crippen LogP contribution in [-0.4, -0.2) is 32.2 Å². The van der Waals surface area contributed by atoms with E-state index in [1.807, 2.05) is 42.7 Å². The molecule has 0 aliphatic carbocycles. The Balaban J connectivity index is 0.000000179. The maximum Gasteiger partial charge on any atom is 0.338 e. The first-order valence-corrected chi connectivity index (χ1v) is 15.6. The molecule has 0 fully saturated rings. The van der Waals surface area contributed by atoms with Gasteiger partial charge in [-0.3, -0.25) is 0 Å². The number of fused-ring (bicyclic) bond motifs is 2. The van der Waals surface area contributed by atoms with Gasteiger partial charge in [0.1, 0.15) is 11.3 Å². The number of pyridine rings is 2. The molecular weight excluding hydrogens is 648 g/mol. The number of methoxy groups -OCH3 is 1. The monoisotopic (exact) mass is 676 g/mol. The maximum absolute atomic E-state index is 12.1. The molecule has 7 aromatic rings. The summed E-state index contributed by atoms with van der Waals surface area (Å²) < 4.78 is 10.2. The minimum Gasteiger partial charge on any atom is -0.465 e. The summed E-state index contributed by atoms with van der Waals surface area (Å²) in [6, 6.07) is 34.4. The molecule has 8 heteroatoms. The summed E-state index contributed by atoms with van der Waals surface area (Å²) in [5.41, 5.74) is 6.86. The predicted molar refractivity (Wildman–Crippen MR) is 184 cm³/mol. The first kappa shape index (κ1) is 30.3. The molecule has 0 saturated heterocycles. The van der Waals surface area contributed by atoms with Crippen LogP contribution >= 0.6 is 27.5 Å². The third kappa shape index (κ3) is 7.33. The highest BCUT2D eigenvalue weighted by molar-refractivity contribution is 9.10. The van der Waals surface area contributed by atoms with Gasteiger partial charge in [-0.05, 0) is 81.0 Å². The summed E-state index contributed by atoms with van der Waals surface area (Å²) in [4.78, 5) is 21.2. The van der Waals surface area contributed by atoms with Crippen LogP contribution in [0.2, 0.25) is 5.02 Å².